The molecule has 2 aromatic carbocycles. The van der Waals surface area contributed by atoms with Crippen molar-refractivity contribution in [3.05, 3.63) is 60.4 Å². The van der Waals surface area contributed by atoms with E-state index in [0.29, 0.717) is 17.1 Å². The van der Waals surface area contributed by atoms with E-state index in [4.69, 9.17) is 10.5 Å². The van der Waals surface area contributed by atoms with Crippen molar-refractivity contribution >= 4 is 22.4 Å². The van der Waals surface area contributed by atoms with Crippen LogP contribution in [0, 0.1) is 0 Å². The third-order valence-corrected chi connectivity index (χ3v) is 3.76. The molecule has 24 heavy (non-hydrogen) atoms. The number of hydrogen-bond donors (Lipinski definition) is 1. The molecule has 1 aromatic heterocycles. The Morgan fingerprint density at radius 2 is 1.88 bits per heavy atom. The van der Waals surface area contributed by atoms with Crippen molar-refractivity contribution in [3.8, 4) is 11.5 Å². The van der Waals surface area contributed by atoms with E-state index in [2.05, 4.69) is 4.98 Å². The van der Waals surface area contributed by atoms with Gasteiger partial charge in [-0.05, 0) is 18.2 Å². The lowest BCUT2D eigenvalue weighted by Gasteiger charge is -2.12. The van der Waals surface area contributed by atoms with Crippen LogP contribution in [0.3, 0.4) is 0 Å². The maximum atomic E-state index is 11.8. The van der Waals surface area contributed by atoms with E-state index in [1.165, 1.54) is 0 Å². The second kappa shape index (κ2) is 6.58. The van der Waals surface area contributed by atoms with Gasteiger partial charge in [0, 0.05) is 42.8 Å². The summed E-state index contributed by atoms with van der Waals surface area (Å²) in [6, 6.07) is 15.1. The Balaban J connectivity index is 1.90. The first-order valence-electron chi connectivity index (χ1n) is 7.65. The van der Waals surface area contributed by atoms with E-state index in [0.717, 1.165) is 16.5 Å². The molecule has 0 radical (unpaired) electrons. The van der Waals surface area contributed by atoms with Gasteiger partial charge in [0.05, 0.1) is 12.1 Å². The van der Waals surface area contributed by atoms with Crippen LogP contribution in [0.5, 0.6) is 11.5 Å². The smallest absolute Gasteiger partial charge is 0.228 e. The number of nitrogens with two attached hydrogens (primary N) is 1. The molecule has 0 spiro atoms. The number of aromatic nitrogens is 1. The van der Waals surface area contributed by atoms with Crippen molar-refractivity contribution in [2.75, 3.05) is 19.8 Å². The van der Waals surface area contributed by atoms with E-state index in [1.54, 1.807) is 37.3 Å². The SMILES string of the molecule is CN(C)C(=O)Cc1cc(Oc2ccc(N)c3ccccc23)ccn1. The number of carbonyl (C=O) groups excluding carboxylic acids is 1. The van der Waals surface area contributed by atoms with Crippen molar-refractivity contribution in [2.24, 2.45) is 0 Å². The molecular formula is C19H19N3O2. The monoisotopic (exact) mass is 321 g/mol. The van der Waals surface area contributed by atoms with Crippen molar-refractivity contribution < 1.29 is 9.53 Å². The number of amides is 1. The molecule has 3 rings (SSSR count). The Labute approximate surface area is 140 Å². The summed E-state index contributed by atoms with van der Waals surface area (Å²) in [6.45, 7) is 0. The molecule has 0 saturated carbocycles. The Morgan fingerprint density at radius 3 is 2.62 bits per heavy atom. The van der Waals surface area contributed by atoms with Crippen LogP contribution >= 0.6 is 0 Å². The predicted octanol–water partition coefficient (Wildman–Crippen LogP) is 3.24. The van der Waals surface area contributed by atoms with Gasteiger partial charge >= 0.3 is 0 Å². The summed E-state index contributed by atoms with van der Waals surface area (Å²) in [7, 11) is 3.45. The summed E-state index contributed by atoms with van der Waals surface area (Å²) < 4.78 is 6.01. The molecule has 0 aliphatic heterocycles. The lowest BCUT2D eigenvalue weighted by molar-refractivity contribution is -0.128. The van der Waals surface area contributed by atoms with E-state index in [9.17, 15) is 4.79 Å². The summed E-state index contributed by atoms with van der Waals surface area (Å²) >= 11 is 0. The number of nitrogen functional groups attached to an aromatic ring is 1. The van der Waals surface area contributed by atoms with Gasteiger partial charge in [-0.2, -0.15) is 0 Å². The molecule has 5 nitrogen and oxygen atoms in total. The molecule has 0 fully saturated rings. The minimum atomic E-state index is -0.00224. The topological polar surface area (TPSA) is 68.5 Å². The van der Waals surface area contributed by atoms with Crippen LogP contribution in [-0.2, 0) is 11.2 Å². The summed E-state index contributed by atoms with van der Waals surface area (Å²) in [5.41, 5.74) is 7.40. The average Bonchev–Trinajstić information content (AvgIpc) is 2.58. The van der Waals surface area contributed by atoms with Gasteiger partial charge in [-0.25, -0.2) is 0 Å². The standard InChI is InChI=1S/C19H19N3O2/c1-22(2)19(23)12-13-11-14(9-10-21-13)24-18-8-7-17(20)15-5-3-4-6-16(15)18/h3-11H,12,20H2,1-2H3. The van der Waals surface area contributed by atoms with Gasteiger partial charge in [-0.3, -0.25) is 9.78 Å². The molecule has 2 N–H and O–H groups in total. The zero-order chi connectivity index (χ0) is 17.1. The highest BCUT2D eigenvalue weighted by Gasteiger charge is 2.09. The van der Waals surface area contributed by atoms with Gasteiger partial charge < -0.3 is 15.4 Å². The number of nitrogens with zero attached hydrogens (tertiary/aromatic N) is 2. The van der Waals surface area contributed by atoms with Gasteiger partial charge in [0.2, 0.25) is 5.91 Å². The number of pyridine rings is 1. The lowest BCUT2D eigenvalue weighted by Crippen LogP contribution is -2.23. The minimum absolute atomic E-state index is 0.00224. The number of rotatable bonds is 4. The fourth-order valence-corrected chi connectivity index (χ4v) is 2.44. The van der Waals surface area contributed by atoms with Crippen LogP contribution in [0.4, 0.5) is 5.69 Å². The van der Waals surface area contributed by atoms with E-state index in [-0.39, 0.29) is 12.3 Å². The van der Waals surface area contributed by atoms with Gasteiger partial charge in [0.15, 0.2) is 0 Å². The highest BCUT2D eigenvalue weighted by atomic mass is 16.5. The van der Waals surface area contributed by atoms with Gasteiger partial charge in [-0.1, -0.05) is 24.3 Å². The third-order valence-electron chi connectivity index (χ3n) is 3.76. The van der Waals surface area contributed by atoms with Crippen LogP contribution < -0.4 is 10.5 Å². The Hall–Kier alpha value is -3.08. The van der Waals surface area contributed by atoms with Crippen LogP contribution in [-0.4, -0.2) is 29.9 Å². The molecule has 0 unspecified atom stereocenters. The maximum Gasteiger partial charge on any atom is 0.228 e. The van der Waals surface area contributed by atoms with Gasteiger partial charge in [-0.15, -0.1) is 0 Å². The van der Waals surface area contributed by atoms with Crippen molar-refractivity contribution in [3.63, 3.8) is 0 Å². The second-order valence-electron chi connectivity index (χ2n) is 5.75. The molecule has 1 amide bonds. The van der Waals surface area contributed by atoms with E-state index >= 15 is 0 Å². The molecule has 0 bridgehead atoms. The van der Waals surface area contributed by atoms with Crippen LogP contribution in [0.1, 0.15) is 5.69 Å². The number of benzene rings is 2. The molecule has 0 saturated heterocycles. The summed E-state index contributed by atoms with van der Waals surface area (Å²) in [4.78, 5) is 17.6. The Kier molecular flexibility index (Phi) is 4.33. The first kappa shape index (κ1) is 15.8. The quantitative estimate of drug-likeness (QED) is 0.749. The molecule has 5 heteroatoms. The number of anilines is 1. The molecule has 3 aromatic rings. The lowest BCUT2D eigenvalue weighted by atomic mass is 10.1. The second-order valence-corrected chi connectivity index (χ2v) is 5.75. The minimum Gasteiger partial charge on any atom is -0.457 e. The highest BCUT2D eigenvalue weighted by molar-refractivity contribution is 5.97. The van der Waals surface area contributed by atoms with E-state index < -0.39 is 0 Å². The average molecular weight is 321 g/mol. The first-order valence-corrected chi connectivity index (χ1v) is 7.65. The zero-order valence-electron chi connectivity index (χ0n) is 13.7. The predicted molar refractivity (Wildman–Crippen MR) is 95.1 cm³/mol. The van der Waals surface area contributed by atoms with Gasteiger partial charge in [0.1, 0.15) is 11.5 Å². The summed E-state index contributed by atoms with van der Waals surface area (Å²) in [5, 5.41) is 1.90. The highest BCUT2D eigenvalue weighted by Crippen LogP contribution is 2.33. The normalized spacial score (nSPS) is 10.6. The van der Waals surface area contributed by atoms with Crippen molar-refractivity contribution in [2.45, 2.75) is 6.42 Å². The molecule has 1 heterocycles. The maximum absolute atomic E-state index is 11.8. The fraction of sp³-hybridized carbons (Fsp3) is 0.158. The first-order chi connectivity index (χ1) is 11.5. The third kappa shape index (κ3) is 3.30. The Bertz CT molecular complexity index is 891. The van der Waals surface area contributed by atoms with Crippen LogP contribution in [0.15, 0.2) is 54.7 Å². The zero-order valence-corrected chi connectivity index (χ0v) is 13.7. The Morgan fingerprint density at radius 1 is 1.12 bits per heavy atom. The number of likely N-dealkylation sites (N-methyl/N-ethyl adjacent to an activating group) is 1. The van der Waals surface area contributed by atoms with E-state index in [1.807, 2.05) is 36.4 Å². The molecule has 122 valence electrons. The number of hydrogen-bond acceptors (Lipinski definition) is 4. The van der Waals surface area contributed by atoms with Crippen molar-refractivity contribution in [1.29, 1.82) is 0 Å². The largest absolute Gasteiger partial charge is 0.457 e. The van der Waals surface area contributed by atoms with Crippen LogP contribution in [0.2, 0.25) is 0 Å². The number of fused-ring (bicyclic) bond motifs is 1. The van der Waals surface area contributed by atoms with Gasteiger partial charge in [0.25, 0.3) is 0 Å². The summed E-state index contributed by atoms with van der Waals surface area (Å²) in [6.07, 6.45) is 1.89. The number of carbonyl (C=O) groups is 1. The molecule has 0 atom stereocenters. The molecule has 0 aliphatic carbocycles. The van der Waals surface area contributed by atoms with Crippen LogP contribution in [0.25, 0.3) is 10.8 Å². The fourth-order valence-electron chi connectivity index (χ4n) is 2.44. The number of ether oxygens (including phenoxy) is 1. The summed E-state index contributed by atoms with van der Waals surface area (Å²) in [5.74, 6) is 1.36. The van der Waals surface area contributed by atoms with Crippen molar-refractivity contribution in [1.82, 2.24) is 9.88 Å². The molecular weight excluding hydrogens is 302 g/mol. The molecule has 0 aliphatic rings.